The van der Waals surface area contributed by atoms with Gasteiger partial charge >= 0.3 is 0 Å². The summed E-state index contributed by atoms with van der Waals surface area (Å²) in [6.07, 6.45) is 9.04. The van der Waals surface area contributed by atoms with Crippen LogP contribution >= 0.6 is 0 Å². The Morgan fingerprint density at radius 1 is 1.30 bits per heavy atom. The number of piperidine rings is 1. The first-order valence-corrected chi connectivity index (χ1v) is 9.40. The van der Waals surface area contributed by atoms with Crippen LogP contribution in [0.1, 0.15) is 47.6 Å². The van der Waals surface area contributed by atoms with E-state index in [0.29, 0.717) is 12.2 Å². The van der Waals surface area contributed by atoms with Gasteiger partial charge in [0.1, 0.15) is 11.4 Å². The maximum absolute atomic E-state index is 13.1. The van der Waals surface area contributed by atoms with E-state index in [1.165, 1.54) is 10.7 Å². The molecule has 27 heavy (non-hydrogen) atoms. The molecule has 1 aliphatic heterocycles. The van der Waals surface area contributed by atoms with Crippen LogP contribution in [0.3, 0.4) is 0 Å². The molecule has 0 aromatic carbocycles. The molecule has 1 amide bonds. The first-order valence-electron chi connectivity index (χ1n) is 9.40. The number of imidazole rings is 1. The van der Waals surface area contributed by atoms with Gasteiger partial charge in [0.05, 0.1) is 0 Å². The Morgan fingerprint density at radius 3 is 2.93 bits per heavy atom. The third-order valence-corrected chi connectivity index (χ3v) is 5.37. The minimum atomic E-state index is -0.340. The zero-order chi connectivity index (χ0) is 19.0. The highest BCUT2D eigenvalue weighted by Crippen LogP contribution is 2.22. The van der Waals surface area contributed by atoms with Gasteiger partial charge in [-0.05, 0) is 39.5 Å². The average molecular weight is 368 g/mol. The largest absolute Gasteiger partial charge is 0.335 e. The molecule has 4 rings (SSSR count). The Labute approximate surface area is 156 Å². The number of aromatic nitrogens is 5. The molecule has 4 heterocycles. The van der Waals surface area contributed by atoms with Gasteiger partial charge in [0.15, 0.2) is 5.65 Å². The van der Waals surface area contributed by atoms with Gasteiger partial charge < -0.3 is 9.47 Å². The van der Waals surface area contributed by atoms with Gasteiger partial charge in [-0.15, -0.1) is 0 Å². The van der Waals surface area contributed by atoms with Crippen LogP contribution in [0, 0.1) is 13.8 Å². The van der Waals surface area contributed by atoms with Crippen molar-refractivity contribution in [2.45, 2.75) is 52.1 Å². The molecule has 1 saturated heterocycles. The number of H-pyrrole nitrogens is 1. The lowest BCUT2D eigenvalue weighted by atomic mass is 9.98. The summed E-state index contributed by atoms with van der Waals surface area (Å²) in [5.41, 5.74) is 1.14. The first kappa shape index (κ1) is 17.5. The van der Waals surface area contributed by atoms with Gasteiger partial charge in [-0.25, -0.2) is 14.5 Å². The van der Waals surface area contributed by atoms with Crippen molar-refractivity contribution >= 4 is 11.6 Å². The van der Waals surface area contributed by atoms with Crippen molar-refractivity contribution in [1.29, 1.82) is 0 Å². The number of rotatable bonds is 4. The van der Waals surface area contributed by atoms with Crippen LogP contribution in [0.15, 0.2) is 29.5 Å². The number of hydrogen-bond acceptors (Lipinski definition) is 4. The summed E-state index contributed by atoms with van der Waals surface area (Å²) in [4.78, 5) is 36.3. The number of nitrogens with one attached hydrogen (secondary N) is 1. The van der Waals surface area contributed by atoms with Crippen molar-refractivity contribution in [1.82, 2.24) is 29.0 Å². The van der Waals surface area contributed by atoms with E-state index in [9.17, 15) is 9.59 Å². The van der Waals surface area contributed by atoms with Gasteiger partial charge in [0, 0.05) is 49.5 Å². The highest BCUT2D eigenvalue weighted by atomic mass is 16.2. The summed E-state index contributed by atoms with van der Waals surface area (Å²) in [5, 5.41) is 2.95. The molecule has 0 spiro atoms. The third-order valence-electron chi connectivity index (χ3n) is 5.37. The van der Waals surface area contributed by atoms with E-state index in [-0.39, 0.29) is 23.1 Å². The standard InChI is InChI=1S/C19H24N6O2/c1-13-11-17-21-12-16(19(27)25(17)22-13)18(26)24-8-4-3-5-15(24)6-9-23-10-7-20-14(23)2/h7,10-12,15,22H,3-6,8-9H2,1-2H3/t15-/m1/s1. The van der Waals surface area contributed by atoms with Crippen molar-refractivity contribution in [3.05, 3.63) is 52.1 Å². The molecule has 1 fully saturated rings. The lowest BCUT2D eigenvalue weighted by Crippen LogP contribution is -2.46. The lowest BCUT2D eigenvalue weighted by molar-refractivity contribution is 0.0592. The number of aryl methyl sites for hydroxylation is 3. The molecule has 1 atom stereocenters. The number of nitrogens with zero attached hydrogens (tertiary/aromatic N) is 5. The Hall–Kier alpha value is -2.90. The number of hydrogen-bond donors (Lipinski definition) is 1. The van der Waals surface area contributed by atoms with Crippen LogP contribution in [-0.2, 0) is 6.54 Å². The molecular weight excluding hydrogens is 344 g/mol. The predicted molar refractivity (Wildman–Crippen MR) is 101 cm³/mol. The minimum absolute atomic E-state index is 0.124. The zero-order valence-corrected chi connectivity index (χ0v) is 15.7. The highest BCUT2D eigenvalue weighted by Gasteiger charge is 2.29. The second-order valence-electron chi connectivity index (χ2n) is 7.21. The summed E-state index contributed by atoms with van der Waals surface area (Å²) in [6, 6.07) is 1.91. The quantitative estimate of drug-likeness (QED) is 0.762. The second kappa shape index (κ2) is 7.02. The van der Waals surface area contributed by atoms with Crippen LogP contribution < -0.4 is 5.56 Å². The molecule has 142 valence electrons. The average Bonchev–Trinajstić information content (AvgIpc) is 3.25. The number of aromatic amines is 1. The van der Waals surface area contributed by atoms with E-state index in [0.717, 1.165) is 43.7 Å². The van der Waals surface area contributed by atoms with E-state index in [4.69, 9.17) is 0 Å². The Bertz CT molecular complexity index is 1030. The van der Waals surface area contributed by atoms with Crippen LogP contribution in [0.5, 0.6) is 0 Å². The van der Waals surface area contributed by atoms with E-state index in [1.54, 1.807) is 12.3 Å². The summed E-state index contributed by atoms with van der Waals surface area (Å²) in [5.74, 6) is 0.750. The van der Waals surface area contributed by atoms with Crippen molar-refractivity contribution in [3.63, 3.8) is 0 Å². The summed E-state index contributed by atoms with van der Waals surface area (Å²) in [6.45, 7) is 5.32. The van der Waals surface area contributed by atoms with E-state index >= 15 is 0 Å². The maximum atomic E-state index is 13.1. The molecule has 3 aromatic rings. The number of likely N-dealkylation sites (tertiary alicyclic amines) is 1. The van der Waals surface area contributed by atoms with Gasteiger partial charge in [0.25, 0.3) is 11.5 Å². The van der Waals surface area contributed by atoms with Crippen LogP contribution in [0.25, 0.3) is 5.65 Å². The molecular formula is C19H24N6O2. The summed E-state index contributed by atoms with van der Waals surface area (Å²) in [7, 11) is 0. The van der Waals surface area contributed by atoms with Gasteiger partial charge in [-0.2, -0.15) is 0 Å². The normalized spacial score (nSPS) is 17.6. The van der Waals surface area contributed by atoms with Gasteiger partial charge in [-0.3, -0.25) is 14.7 Å². The maximum Gasteiger partial charge on any atom is 0.285 e. The second-order valence-corrected chi connectivity index (χ2v) is 7.21. The topological polar surface area (TPSA) is 88.3 Å². The molecule has 1 aliphatic rings. The molecule has 0 saturated carbocycles. The lowest BCUT2D eigenvalue weighted by Gasteiger charge is -2.35. The molecule has 0 radical (unpaired) electrons. The van der Waals surface area contributed by atoms with E-state index < -0.39 is 0 Å². The predicted octanol–water partition coefficient (Wildman–Crippen LogP) is 1.92. The highest BCUT2D eigenvalue weighted by molar-refractivity contribution is 5.94. The van der Waals surface area contributed by atoms with Crippen molar-refractivity contribution in [3.8, 4) is 0 Å². The molecule has 1 N–H and O–H groups in total. The molecule has 0 bridgehead atoms. The summed E-state index contributed by atoms with van der Waals surface area (Å²) < 4.78 is 3.44. The Kier molecular flexibility index (Phi) is 4.55. The van der Waals surface area contributed by atoms with Crippen LogP contribution in [0.2, 0.25) is 0 Å². The number of amides is 1. The fourth-order valence-corrected chi connectivity index (χ4v) is 3.88. The number of fused-ring (bicyclic) bond motifs is 1. The number of carbonyl (C=O) groups is 1. The van der Waals surface area contributed by atoms with Crippen molar-refractivity contribution in [2.24, 2.45) is 0 Å². The SMILES string of the molecule is Cc1cc2ncc(C(=O)N3CCCC[C@@H]3CCn3ccnc3C)c(=O)n2[nH]1. The fourth-order valence-electron chi connectivity index (χ4n) is 3.88. The first-order chi connectivity index (χ1) is 13.0. The Balaban J connectivity index is 1.58. The zero-order valence-electron chi connectivity index (χ0n) is 15.7. The van der Waals surface area contributed by atoms with Gasteiger partial charge in [0.2, 0.25) is 0 Å². The molecule has 8 nitrogen and oxygen atoms in total. The smallest absolute Gasteiger partial charge is 0.285 e. The molecule has 3 aromatic heterocycles. The van der Waals surface area contributed by atoms with Crippen LogP contribution in [0.4, 0.5) is 0 Å². The monoisotopic (exact) mass is 368 g/mol. The molecule has 8 heteroatoms. The van der Waals surface area contributed by atoms with E-state index in [2.05, 4.69) is 19.6 Å². The fraction of sp³-hybridized carbons (Fsp3) is 0.474. The van der Waals surface area contributed by atoms with Gasteiger partial charge in [-0.1, -0.05) is 0 Å². The minimum Gasteiger partial charge on any atom is -0.335 e. The summed E-state index contributed by atoms with van der Waals surface area (Å²) >= 11 is 0. The molecule has 0 unspecified atom stereocenters. The van der Waals surface area contributed by atoms with Crippen molar-refractivity contribution in [2.75, 3.05) is 6.54 Å². The third kappa shape index (κ3) is 3.27. The molecule has 0 aliphatic carbocycles. The Morgan fingerprint density at radius 2 is 2.15 bits per heavy atom. The van der Waals surface area contributed by atoms with Crippen molar-refractivity contribution < 1.29 is 4.79 Å². The number of carbonyl (C=O) groups excluding carboxylic acids is 1. The van der Waals surface area contributed by atoms with Crippen LogP contribution in [-0.4, -0.2) is 47.5 Å². The van der Waals surface area contributed by atoms with E-state index in [1.807, 2.05) is 24.9 Å².